The molecule has 0 aromatic heterocycles. The zero-order valence-corrected chi connectivity index (χ0v) is 9.01. The Morgan fingerprint density at radius 3 is 2.46 bits per heavy atom. The summed E-state index contributed by atoms with van der Waals surface area (Å²) in [5.74, 6) is 0. The fraction of sp³-hybridized carbons (Fsp3) is 0.500. The number of hydrogen-bond acceptors (Lipinski definition) is 1. The summed E-state index contributed by atoms with van der Waals surface area (Å²) in [7, 11) is 0. The van der Waals surface area contributed by atoms with Crippen LogP contribution < -0.4 is 5.73 Å². The molecule has 0 saturated carbocycles. The van der Waals surface area contributed by atoms with Crippen molar-refractivity contribution in [1.29, 1.82) is 0 Å². The first kappa shape index (κ1) is 12.2. The molecule has 2 N–H and O–H groups in total. The van der Waals surface area contributed by atoms with E-state index in [1.54, 1.807) is 0 Å². The molecule has 1 nitrogen and oxygen atoms in total. The van der Waals surface area contributed by atoms with Crippen molar-refractivity contribution >= 4 is 0 Å². The van der Waals surface area contributed by atoms with Crippen molar-refractivity contribution in [3.8, 4) is 0 Å². The predicted molar refractivity (Wildman–Crippen MR) is 60.6 cm³/mol. The van der Waals surface area contributed by atoms with Crippen molar-refractivity contribution in [3.63, 3.8) is 0 Å². The Balaban J connectivity index is 3.95. The number of nitrogens with two attached hydrogens (primary N) is 1. The minimum atomic E-state index is 0.174. The first-order valence-corrected chi connectivity index (χ1v) is 4.76. The lowest BCUT2D eigenvalue weighted by molar-refractivity contribution is 0.854. The lowest BCUT2D eigenvalue weighted by atomic mass is 10.1. The van der Waals surface area contributed by atoms with E-state index in [-0.39, 0.29) is 6.04 Å². The zero-order valence-electron chi connectivity index (χ0n) is 9.01. The molecule has 0 radical (unpaired) electrons. The minimum absolute atomic E-state index is 0.174. The van der Waals surface area contributed by atoms with Gasteiger partial charge in [0.15, 0.2) is 0 Å². The van der Waals surface area contributed by atoms with E-state index in [4.69, 9.17) is 5.73 Å². The van der Waals surface area contributed by atoms with Crippen LogP contribution in [-0.4, -0.2) is 6.04 Å². The highest BCUT2D eigenvalue weighted by Gasteiger charge is 1.93. The molecular weight excluding hydrogens is 158 g/mol. The van der Waals surface area contributed by atoms with Gasteiger partial charge in [-0.1, -0.05) is 29.4 Å². The van der Waals surface area contributed by atoms with Crippen LogP contribution in [0.2, 0.25) is 0 Å². The van der Waals surface area contributed by atoms with Crippen molar-refractivity contribution < 1.29 is 0 Å². The van der Waals surface area contributed by atoms with Crippen molar-refractivity contribution in [1.82, 2.24) is 0 Å². The molecule has 0 amide bonds. The quantitative estimate of drug-likeness (QED) is 0.644. The first-order chi connectivity index (χ1) is 6.07. The van der Waals surface area contributed by atoms with Crippen molar-refractivity contribution in [2.45, 2.75) is 39.7 Å². The van der Waals surface area contributed by atoms with Gasteiger partial charge in [-0.2, -0.15) is 0 Å². The third kappa shape index (κ3) is 6.35. The Morgan fingerprint density at radius 1 is 1.38 bits per heavy atom. The molecular formula is C12H21N. The second kappa shape index (κ2) is 6.67. The van der Waals surface area contributed by atoms with Crippen molar-refractivity contribution in [3.05, 3.63) is 36.0 Å². The number of rotatable bonds is 5. The molecule has 0 saturated heterocycles. The summed E-state index contributed by atoms with van der Waals surface area (Å²) in [5, 5.41) is 0. The van der Waals surface area contributed by atoms with Crippen LogP contribution in [0.25, 0.3) is 0 Å². The smallest absolute Gasteiger partial charge is 0.0222 e. The molecule has 0 aromatic carbocycles. The molecule has 1 heteroatoms. The van der Waals surface area contributed by atoms with Gasteiger partial charge in [0.2, 0.25) is 0 Å². The fourth-order valence-electron chi connectivity index (χ4n) is 0.943. The molecule has 0 spiro atoms. The molecule has 0 aromatic rings. The zero-order chi connectivity index (χ0) is 10.3. The van der Waals surface area contributed by atoms with Crippen LogP contribution in [0, 0.1) is 0 Å². The molecule has 0 heterocycles. The van der Waals surface area contributed by atoms with E-state index in [0.29, 0.717) is 0 Å². The normalized spacial score (nSPS) is 15.7. The first-order valence-electron chi connectivity index (χ1n) is 4.76. The molecule has 0 aliphatic carbocycles. The second-order valence-corrected chi connectivity index (χ2v) is 3.52. The van der Waals surface area contributed by atoms with Crippen LogP contribution in [0.15, 0.2) is 36.0 Å². The molecule has 0 aliphatic rings. The maximum absolute atomic E-state index is 5.71. The molecule has 0 rings (SSSR count). The molecule has 0 aliphatic heterocycles. The molecule has 1 atom stereocenters. The highest BCUT2D eigenvalue weighted by Crippen LogP contribution is 2.05. The van der Waals surface area contributed by atoms with Crippen LogP contribution >= 0.6 is 0 Å². The van der Waals surface area contributed by atoms with E-state index in [2.05, 4.69) is 32.6 Å². The van der Waals surface area contributed by atoms with Gasteiger partial charge in [-0.15, -0.1) is 6.58 Å². The van der Waals surface area contributed by atoms with Crippen LogP contribution in [0.5, 0.6) is 0 Å². The van der Waals surface area contributed by atoms with E-state index in [9.17, 15) is 0 Å². The third-order valence-electron chi connectivity index (χ3n) is 2.09. The molecule has 1 unspecified atom stereocenters. The van der Waals surface area contributed by atoms with E-state index in [1.807, 2.05) is 13.0 Å². The second-order valence-electron chi connectivity index (χ2n) is 3.52. The predicted octanol–water partition coefficient (Wildman–Crippen LogP) is 3.19. The SMILES string of the molecule is C=CCC(C)=CCC=C(C)C(C)N. The average molecular weight is 179 g/mol. The summed E-state index contributed by atoms with van der Waals surface area (Å²) in [6, 6.07) is 0.174. The van der Waals surface area contributed by atoms with Crippen molar-refractivity contribution in [2.75, 3.05) is 0 Å². The third-order valence-corrected chi connectivity index (χ3v) is 2.09. The number of allylic oxidation sites excluding steroid dienone is 4. The van der Waals surface area contributed by atoms with Gasteiger partial charge in [0.05, 0.1) is 0 Å². The minimum Gasteiger partial charge on any atom is -0.324 e. The monoisotopic (exact) mass is 179 g/mol. The van der Waals surface area contributed by atoms with Gasteiger partial charge in [0.1, 0.15) is 0 Å². The molecule has 74 valence electrons. The maximum Gasteiger partial charge on any atom is 0.0222 e. The maximum atomic E-state index is 5.71. The largest absolute Gasteiger partial charge is 0.324 e. The van der Waals surface area contributed by atoms with E-state index < -0.39 is 0 Å². The van der Waals surface area contributed by atoms with Crippen LogP contribution in [0.3, 0.4) is 0 Å². The highest BCUT2D eigenvalue weighted by atomic mass is 14.6. The van der Waals surface area contributed by atoms with Gasteiger partial charge in [-0.05, 0) is 33.6 Å². The lowest BCUT2D eigenvalue weighted by Crippen LogP contribution is -2.15. The Bertz CT molecular complexity index is 209. The topological polar surface area (TPSA) is 26.0 Å². The molecule has 0 bridgehead atoms. The summed E-state index contributed by atoms with van der Waals surface area (Å²) < 4.78 is 0. The van der Waals surface area contributed by atoms with Gasteiger partial charge >= 0.3 is 0 Å². The summed E-state index contributed by atoms with van der Waals surface area (Å²) in [6.07, 6.45) is 8.27. The molecule has 0 fully saturated rings. The standard InChI is InChI=1S/C12H21N/c1-5-7-10(2)8-6-9-11(3)12(4)13/h5,8-9,12H,1,6-7,13H2,2-4H3. The van der Waals surface area contributed by atoms with E-state index >= 15 is 0 Å². The summed E-state index contributed by atoms with van der Waals surface area (Å²) in [4.78, 5) is 0. The van der Waals surface area contributed by atoms with Gasteiger partial charge in [0.25, 0.3) is 0 Å². The van der Waals surface area contributed by atoms with Gasteiger partial charge < -0.3 is 5.73 Å². The fourth-order valence-corrected chi connectivity index (χ4v) is 0.943. The Kier molecular flexibility index (Phi) is 6.25. The Hall–Kier alpha value is -0.820. The van der Waals surface area contributed by atoms with E-state index in [0.717, 1.165) is 12.8 Å². The van der Waals surface area contributed by atoms with Gasteiger partial charge in [-0.3, -0.25) is 0 Å². The van der Waals surface area contributed by atoms with Crippen molar-refractivity contribution in [2.24, 2.45) is 5.73 Å². The van der Waals surface area contributed by atoms with Gasteiger partial charge in [-0.25, -0.2) is 0 Å². The number of hydrogen-bond donors (Lipinski definition) is 1. The molecule has 13 heavy (non-hydrogen) atoms. The Morgan fingerprint density at radius 2 is 2.00 bits per heavy atom. The highest BCUT2D eigenvalue weighted by molar-refractivity contribution is 5.11. The van der Waals surface area contributed by atoms with Crippen LogP contribution in [0.1, 0.15) is 33.6 Å². The summed E-state index contributed by atoms with van der Waals surface area (Å²) >= 11 is 0. The average Bonchev–Trinajstić information content (AvgIpc) is 2.04. The van der Waals surface area contributed by atoms with E-state index in [1.165, 1.54) is 11.1 Å². The summed E-state index contributed by atoms with van der Waals surface area (Å²) in [5.41, 5.74) is 8.32. The lowest BCUT2D eigenvalue weighted by Gasteiger charge is -2.03. The van der Waals surface area contributed by atoms with Crippen LogP contribution in [-0.2, 0) is 0 Å². The van der Waals surface area contributed by atoms with Crippen LogP contribution in [0.4, 0.5) is 0 Å². The Labute approximate surface area is 82.0 Å². The summed E-state index contributed by atoms with van der Waals surface area (Å²) in [6.45, 7) is 9.89. The van der Waals surface area contributed by atoms with Gasteiger partial charge in [0, 0.05) is 6.04 Å².